The maximum absolute atomic E-state index is 13.2. The number of H-pyrrole nitrogens is 1. The second kappa shape index (κ2) is 3.94. The molecule has 2 aliphatic rings. The lowest BCUT2D eigenvalue weighted by Gasteiger charge is -2.30. The summed E-state index contributed by atoms with van der Waals surface area (Å²) in [6.07, 6.45) is 8.09. The molecular formula is C16H17FN2. The summed E-state index contributed by atoms with van der Waals surface area (Å²) in [7, 11) is 2.22. The monoisotopic (exact) mass is 256 g/mol. The van der Waals surface area contributed by atoms with E-state index in [9.17, 15) is 4.39 Å². The van der Waals surface area contributed by atoms with Crippen molar-refractivity contribution in [1.82, 2.24) is 9.88 Å². The minimum Gasteiger partial charge on any atom is -0.360 e. The van der Waals surface area contributed by atoms with Crippen molar-refractivity contribution in [2.45, 2.75) is 31.3 Å². The molecule has 0 aliphatic carbocycles. The highest BCUT2D eigenvalue weighted by Crippen LogP contribution is 2.39. The van der Waals surface area contributed by atoms with Gasteiger partial charge in [0.1, 0.15) is 5.82 Å². The molecule has 2 unspecified atom stereocenters. The molecule has 2 aliphatic heterocycles. The highest BCUT2D eigenvalue weighted by molar-refractivity contribution is 5.93. The summed E-state index contributed by atoms with van der Waals surface area (Å²) >= 11 is 0. The number of aromatic amines is 1. The van der Waals surface area contributed by atoms with Crippen molar-refractivity contribution >= 4 is 16.5 Å². The first-order valence-electron chi connectivity index (χ1n) is 6.92. The number of benzene rings is 1. The van der Waals surface area contributed by atoms with Crippen LogP contribution in [0, 0.1) is 5.82 Å². The van der Waals surface area contributed by atoms with Crippen LogP contribution in [0.4, 0.5) is 4.39 Å². The zero-order valence-electron chi connectivity index (χ0n) is 11.0. The SMILES string of the molecule is CN1C2C=C(c3c[nH]c4cc(F)ccc34)CC1CC2. The molecule has 1 aromatic heterocycles. The van der Waals surface area contributed by atoms with Crippen molar-refractivity contribution in [2.75, 3.05) is 7.05 Å². The van der Waals surface area contributed by atoms with Gasteiger partial charge in [-0.3, -0.25) is 4.90 Å². The van der Waals surface area contributed by atoms with Crippen LogP contribution in [0.25, 0.3) is 16.5 Å². The number of fused-ring (bicyclic) bond motifs is 3. The number of rotatable bonds is 1. The van der Waals surface area contributed by atoms with Crippen molar-refractivity contribution < 1.29 is 4.39 Å². The third-order valence-corrected chi connectivity index (χ3v) is 4.73. The molecule has 0 saturated carbocycles. The molecule has 2 nitrogen and oxygen atoms in total. The Hall–Kier alpha value is -1.61. The zero-order valence-corrected chi connectivity index (χ0v) is 11.0. The minimum atomic E-state index is -0.182. The van der Waals surface area contributed by atoms with E-state index in [0.29, 0.717) is 12.1 Å². The van der Waals surface area contributed by atoms with Gasteiger partial charge < -0.3 is 4.98 Å². The second-order valence-corrected chi connectivity index (χ2v) is 5.75. The average molecular weight is 256 g/mol. The molecule has 3 heteroatoms. The van der Waals surface area contributed by atoms with Crippen LogP contribution in [0.5, 0.6) is 0 Å². The van der Waals surface area contributed by atoms with Crippen LogP contribution >= 0.6 is 0 Å². The van der Waals surface area contributed by atoms with Crippen LogP contribution in [0.3, 0.4) is 0 Å². The molecule has 0 amide bonds. The number of nitrogens with one attached hydrogen (secondary N) is 1. The van der Waals surface area contributed by atoms with E-state index in [2.05, 4.69) is 23.0 Å². The Morgan fingerprint density at radius 1 is 1.32 bits per heavy atom. The molecule has 2 aromatic rings. The average Bonchev–Trinajstić information content (AvgIpc) is 2.87. The normalized spacial score (nSPS) is 26.9. The van der Waals surface area contributed by atoms with E-state index >= 15 is 0 Å². The lowest BCUT2D eigenvalue weighted by Crippen LogP contribution is -2.34. The first-order valence-corrected chi connectivity index (χ1v) is 6.92. The van der Waals surface area contributed by atoms with E-state index in [-0.39, 0.29) is 5.82 Å². The highest BCUT2D eigenvalue weighted by atomic mass is 19.1. The van der Waals surface area contributed by atoms with Crippen molar-refractivity contribution in [3.63, 3.8) is 0 Å². The van der Waals surface area contributed by atoms with Gasteiger partial charge in [0.2, 0.25) is 0 Å². The summed E-state index contributed by atoms with van der Waals surface area (Å²) in [5.41, 5.74) is 3.56. The Morgan fingerprint density at radius 3 is 3.05 bits per heavy atom. The van der Waals surface area contributed by atoms with E-state index in [4.69, 9.17) is 0 Å². The predicted molar refractivity (Wildman–Crippen MR) is 75.4 cm³/mol. The van der Waals surface area contributed by atoms with E-state index in [0.717, 1.165) is 17.3 Å². The summed E-state index contributed by atoms with van der Waals surface area (Å²) in [4.78, 5) is 5.68. The van der Waals surface area contributed by atoms with E-state index < -0.39 is 0 Å². The molecule has 1 aromatic carbocycles. The van der Waals surface area contributed by atoms with Gasteiger partial charge in [-0.15, -0.1) is 0 Å². The fourth-order valence-corrected chi connectivity index (χ4v) is 3.61. The molecule has 4 rings (SSSR count). The van der Waals surface area contributed by atoms with Gasteiger partial charge in [0.25, 0.3) is 0 Å². The summed E-state index contributed by atoms with van der Waals surface area (Å²) in [5.74, 6) is -0.182. The number of aromatic nitrogens is 1. The van der Waals surface area contributed by atoms with Crippen LogP contribution in [0.15, 0.2) is 30.5 Å². The largest absolute Gasteiger partial charge is 0.360 e. The highest BCUT2D eigenvalue weighted by Gasteiger charge is 2.34. The number of hydrogen-bond donors (Lipinski definition) is 1. The van der Waals surface area contributed by atoms with Gasteiger partial charge in [-0.2, -0.15) is 0 Å². The van der Waals surface area contributed by atoms with Gasteiger partial charge in [-0.25, -0.2) is 4.39 Å². The molecule has 98 valence electrons. The van der Waals surface area contributed by atoms with Gasteiger partial charge in [0.15, 0.2) is 0 Å². The number of likely N-dealkylation sites (N-methyl/N-ethyl adjacent to an activating group) is 1. The summed E-state index contributed by atoms with van der Waals surface area (Å²) < 4.78 is 13.2. The molecule has 1 N–H and O–H groups in total. The molecule has 2 bridgehead atoms. The van der Waals surface area contributed by atoms with Crippen LogP contribution in [0.2, 0.25) is 0 Å². The van der Waals surface area contributed by atoms with Gasteiger partial charge in [0.05, 0.1) is 0 Å². The molecule has 0 radical (unpaired) electrons. The number of nitrogens with zero attached hydrogens (tertiary/aromatic N) is 1. The standard InChI is InChI=1S/C16H17FN2/c1-19-12-3-4-13(19)7-10(6-12)15-9-18-16-8-11(17)2-5-14(15)16/h2,5-6,8-9,12-13,18H,3-4,7H2,1H3. The van der Waals surface area contributed by atoms with Crippen molar-refractivity contribution in [1.29, 1.82) is 0 Å². The van der Waals surface area contributed by atoms with Crippen molar-refractivity contribution in [3.8, 4) is 0 Å². The lowest BCUT2D eigenvalue weighted by atomic mass is 9.95. The smallest absolute Gasteiger partial charge is 0.125 e. The molecule has 3 heterocycles. The van der Waals surface area contributed by atoms with Crippen molar-refractivity contribution in [3.05, 3.63) is 41.9 Å². The second-order valence-electron chi connectivity index (χ2n) is 5.75. The number of halogens is 1. The van der Waals surface area contributed by atoms with Gasteiger partial charge >= 0.3 is 0 Å². The third-order valence-electron chi connectivity index (χ3n) is 4.73. The maximum atomic E-state index is 13.2. The van der Waals surface area contributed by atoms with Gasteiger partial charge in [-0.05, 0) is 50.1 Å². The van der Waals surface area contributed by atoms with E-state index in [1.165, 1.54) is 24.0 Å². The third kappa shape index (κ3) is 1.65. The molecule has 1 fully saturated rings. The van der Waals surface area contributed by atoms with Gasteiger partial charge in [-0.1, -0.05) is 6.08 Å². The van der Waals surface area contributed by atoms with Gasteiger partial charge in [0, 0.05) is 34.7 Å². The molecule has 1 saturated heterocycles. The van der Waals surface area contributed by atoms with E-state index in [1.807, 2.05) is 12.3 Å². The number of hydrogen-bond acceptors (Lipinski definition) is 1. The fraction of sp³-hybridized carbons (Fsp3) is 0.375. The molecular weight excluding hydrogens is 239 g/mol. The molecule has 19 heavy (non-hydrogen) atoms. The first-order chi connectivity index (χ1) is 9.22. The maximum Gasteiger partial charge on any atom is 0.125 e. The zero-order chi connectivity index (χ0) is 13.0. The quantitative estimate of drug-likeness (QED) is 0.826. The van der Waals surface area contributed by atoms with Crippen LogP contribution in [-0.4, -0.2) is 29.0 Å². The Labute approximate surface area is 111 Å². The Morgan fingerprint density at radius 2 is 2.21 bits per heavy atom. The molecule has 0 spiro atoms. The van der Waals surface area contributed by atoms with Crippen LogP contribution in [-0.2, 0) is 0 Å². The Balaban J connectivity index is 1.81. The summed E-state index contributed by atoms with van der Waals surface area (Å²) in [6.45, 7) is 0. The first kappa shape index (κ1) is 11.2. The topological polar surface area (TPSA) is 19.0 Å². The summed E-state index contributed by atoms with van der Waals surface area (Å²) in [6, 6.07) is 6.26. The predicted octanol–water partition coefficient (Wildman–Crippen LogP) is 3.56. The van der Waals surface area contributed by atoms with Crippen LogP contribution < -0.4 is 0 Å². The Kier molecular flexibility index (Phi) is 2.33. The summed E-state index contributed by atoms with van der Waals surface area (Å²) in [5, 5.41) is 1.14. The van der Waals surface area contributed by atoms with Crippen LogP contribution in [0.1, 0.15) is 24.8 Å². The van der Waals surface area contributed by atoms with E-state index in [1.54, 1.807) is 12.1 Å². The molecule has 2 atom stereocenters. The van der Waals surface area contributed by atoms with Crippen molar-refractivity contribution in [2.24, 2.45) is 0 Å². The minimum absolute atomic E-state index is 0.182. The lowest BCUT2D eigenvalue weighted by molar-refractivity contribution is 0.264. The fourth-order valence-electron chi connectivity index (χ4n) is 3.61. The Bertz CT molecular complexity index is 670.